The van der Waals surface area contributed by atoms with Gasteiger partial charge in [0.05, 0.1) is 0 Å². The van der Waals surface area contributed by atoms with Crippen LogP contribution in [0.5, 0.6) is 5.75 Å². The topological polar surface area (TPSA) is 32.8 Å². The van der Waals surface area contributed by atoms with Crippen molar-refractivity contribution in [1.29, 1.82) is 0 Å². The Bertz CT molecular complexity index is 903. The van der Waals surface area contributed by atoms with Gasteiger partial charge in [0.25, 0.3) is 5.91 Å². The number of carbonyl (C=O) groups is 1. The maximum atomic E-state index is 12.5. The number of carbonyl (C=O) groups excluding carboxylic acids is 1. The lowest BCUT2D eigenvalue weighted by Gasteiger charge is -2.34. The molecule has 3 aromatic rings. The highest BCUT2D eigenvalue weighted by molar-refractivity contribution is 5.78. The summed E-state index contributed by atoms with van der Waals surface area (Å²) in [5.74, 6) is 0.775. The van der Waals surface area contributed by atoms with Crippen LogP contribution in [0.2, 0.25) is 0 Å². The first-order valence-corrected chi connectivity index (χ1v) is 10.1. The smallest absolute Gasteiger partial charge is 0.260 e. The summed E-state index contributed by atoms with van der Waals surface area (Å²) in [5, 5.41) is 0. The lowest BCUT2D eigenvalue weighted by Crippen LogP contribution is -2.49. The Kier molecular flexibility index (Phi) is 6.22. The summed E-state index contributed by atoms with van der Waals surface area (Å²) in [6, 6.07) is 28.6. The zero-order valence-corrected chi connectivity index (χ0v) is 16.5. The summed E-state index contributed by atoms with van der Waals surface area (Å²) in [7, 11) is 0. The SMILES string of the molecule is O=C(COc1ccc(-c2ccccc2)cc1)N1CCN(Cc2ccccc2)CC1. The van der Waals surface area contributed by atoms with Crippen LogP contribution in [0.15, 0.2) is 84.9 Å². The second-order valence-corrected chi connectivity index (χ2v) is 7.32. The molecule has 1 aliphatic heterocycles. The zero-order chi connectivity index (χ0) is 19.9. The van der Waals surface area contributed by atoms with Crippen molar-refractivity contribution in [3.63, 3.8) is 0 Å². The first kappa shape index (κ1) is 19.2. The van der Waals surface area contributed by atoms with E-state index in [2.05, 4.69) is 41.3 Å². The highest BCUT2D eigenvalue weighted by Crippen LogP contribution is 2.22. The van der Waals surface area contributed by atoms with E-state index in [9.17, 15) is 4.79 Å². The molecule has 1 aliphatic rings. The Hall–Kier alpha value is -3.11. The van der Waals surface area contributed by atoms with Gasteiger partial charge in [-0.3, -0.25) is 9.69 Å². The van der Waals surface area contributed by atoms with Crippen LogP contribution in [0.3, 0.4) is 0 Å². The normalized spacial score (nSPS) is 14.6. The highest BCUT2D eigenvalue weighted by Gasteiger charge is 2.21. The van der Waals surface area contributed by atoms with Crippen LogP contribution >= 0.6 is 0 Å². The third kappa shape index (κ3) is 5.24. The second-order valence-electron chi connectivity index (χ2n) is 7.32. The molecule has 1 heterocycles. The molecule has 1 amide bonds. The Balaban J connectivity index is 1.23. The van der Waals surface area contributed by atoms with Crippen LogP contribution in [-0.2, 0) is 11.3 Å². The van der Waals surface area contributed by atoms with Gasteiger partial charge in [0.1, 0.15) is 5.75 Å². The molecule has 4 heteroatoms. The average molecular weight is 386 g/mol. The predicted octanol–water partition coefficient (Wildman–Crippen LogP) is 4.08. The first-order valence-electron chi connectivity index (χ1n) is 10.1. The van der Waals surface area contributed by atoms with Gasteiger partial charge in [-0.15, -0.1) is 0 Å². The lowest BCUT2D eigenvalue weighted by molar-refractivity contribution is -0.135. The molecule has 3 aromatic carbocycles. The molecule has 0 aliphatic carbocycles. The van der Waals surface area contributed by atoms with Crippen molar-refractivity contribution in [3.8, 4) is 16.9 Å². The monoisotopic (exact) mass is 386 g/mol. The fraction of sp³-hybridized carbons (Fsp3) is 0.240. The lowest BCUT2D eigenvalue weighted by atomic mass is 10.1. The number of rotatable bonds is 6. The summed E-state index contributed by atoms with van der Waals surface area (Å²) in [5.41, 5.74) is 3.62. The Morgan fingerprint density at radius 2 is 1.31 bits per heavy atom. The molecule has 4 rings (SSSR count). The van der Waals surface area contributed by atoms with Crippen molar-refractivity contribution in [2.75, 3.05) is 32.8 Å². The van der Waals surface area contributed by atoms with Crippen LogP contribution < -0.4 is 4.74 Å². The van der Waals surface area contributed by atoms with Gasteiger partial charge in [-0.1, -0.05) is 72.8 Å². The van der Waals surface area contributed by atoms with E-state index in [1.165, 1.54) is 11.1 Å². The molecule has 1 saturated heterocycles. The van der Waals surface area contributed by atoms with Gasteiger partial charge >= 0.3 is 0 Å². The minimum Gasteiger partial charge on any atom is -0.484 e. The van der Waals surface area contributed by atoms with Crippen molar-refractivity contribution in [1.82, 2.24) is 9.80 Å². The quantitative estimate of drug-likeness (QED) is 0.640. The van der Waals surface area contributed by atoms with Crippen LogP contribution in [0.4, 0.5) is 0 Å². The van der Waals surface area contributed by atoms with Crippen LogP contribution in [0, 0.1) is 0 Å². The summed E-state index contributed by atoms with van der Waals surface area (Å²) < 4.78 is 5.73. The Labute approximate surface area is 172 Å². The van der Waals surface area contributed by atoms with Gasteiger partial charge in [0.15, 0.2) is 6.61 Å². The third-order valence-electron chi connectivity index (χ3n) is 5.30. The summed E-state index contributed by atoms with van der Waals surface area (Å²) in [4.78, 5) is 16.8. The molecule has 0 aromatic heterocycles. The van der Waals surface area contributed by atoms with Crippen molar-refractivity contribution < 1.29 is 9.53 Å². The van der Waals surface area contributed by atoms with Gasteiger partial charge in [-0.2, -0.15) is 0 Å². The maximum absolute atomic E-state index is 12.5. The van der Waals surface area contributed by atoms with Crippen LogP contribution in [0.25, 0.3) is 11.1 Å². The molecular weight excluding hydrogens is 360 g/mol. The number of amides is 1. The van der Waals surface area contributed by atoms with Crippen LogP contribution in [-0.4, -0.2) is 48.5 Å². The largest absolute Gasteiger partial charge is 0.484 e. The van der Waals surface area contributed by atoms with E-state index in [-0.39, 0.29) is 12.5 Å². The maximum Gasteiger partial charge on any atom is 0.260 e. The van der Waals surface area contributed by atoms with Gasteiger partial charge in [-0.05, 0) is 28.8 Å². The van der Waals surface area contributed by atoms with Crippen molar-refractivity contribution in [2.24, 2.45) is 0 Å². The molecule has 0 spiro atoms. The van der Waals surface area contributed by atoms with Gasteiger partial charge in [0.2, 0.25) is 0 Å². The number of piperazine rings is 1. The molecule has 1 fully saturated rings. The number of nitrogens with zero attached hydrogens (tertiary/aromatic N) is 2. The highest BCUT2D eigenvalue weighted by atomic mass is 16.5. The summed E-state index contributed by atoms with van der Waals surface area (Å²) >= 11 is 0. The van der Waals surface area contributed by atoms with Crippen molar-refractivity contribution >= 4 is 5.91 Å². The molecule has 0 radical (unpaired) electrons. The van der Waals surface area contributed by atoms with E-state index in [1.54, 1.807) is 0 Å². The van der Waals surface area contributed by atoms with Crippen LogP contribution in [0.1, 0.15) is 5.56 Å². The summed E-state index contributed by atoms with van der Waals surface area (Å²) in [6.45, 7) is 4.32. The van der Waals surface area contributed by atoms with E-state index >= 15 is 0 Å². The second kappa shape index (κ2) is 9.39. The Morgan fingerprint density at radius 1 is 0.724 bits per heavy atom. The van der Waals surface area contributed by atoms with Crippen molar-refractivity contribution in [2.45, 2.75) is 6.54 Å². The third-order valence-corrected chi connectivity index (χ3v) is 5.30. The average Bonchev–Trinajstić information content (AvgIpc) is 2.80. The molecule has 0 atom stereocenters. The molecule has 4 nitrogen and oxygen atoms in total. The minimum absolute atomic E-state index is 0.0523. The van der Waals surface area contributed by atoms with E-state index in [0.717, 1.165) is 44.0 Å². The molecular formula is C25H26N2O2. The molecule has 29 heavy (non-hydrogen) atoms. The van der Waals surface area contributed by atoms with E-state index in [1.807, 2.05) is 53.4 Å². The number of ether oxygens (including phenoxy) is 1. The molecule has 0 bridgehead atoms. The van der Waals surface area contributed by atoms with E-state index in [4.69, 9.17) is 4.74 Å². The summed E-state index contributed by atoms with van der Waals surface area (Å²) in [6.07, 6.45) is 0. The number of hydrogen-bond acceptors (Lipinski definition) is 3. The Morgan fingerprint density at radius 3 is 1.97 bits per heavy atom. The fourth-order valence-corrected chi connectivity index (χ4v) is 3.61. The molecule has 148 valence electrons. The standard InChI is InChI=1S/C25H26N2O2/c28-25(27-17-15-26(16-18-27)19-21-7-3-1-4-8-21)20-29-24-13-11-23(12-14-24)22-9-5-2-6-10-22/h1-14H,15-20H2. The predicted molar refractivity (Wildman–Crippen MR) is 116 cm³/mol. The molecule has 0 saturated carbocycles. The molecule has 0 N–H and O–H groups in total. The van der Waals surface area contributed by atoms with E-state index < -0.39 is 0 Å². The molecule has 0 unspecified atom stereocenters. The number of hydrogen-bond donors (Lipinski definition) is 0. The first-order chi connectivity index (χ1) is 14.3. The van der Waals surface area contributed by atoms with Gasteiger partial charge in [-0.25, -0.2) is 0 Å². The zero-order valence-electron chi connectivity index (χ0n) is 16.5. The number of benzene rings is 3. The fourth-order valence-electron chi connectivity index (χ4n) is 3.61. The van der Waals surface area contributed by atoms with Gasteiger partial charge < -0.3 is 9.64 Å². The minimum atomic E-state index is 0.0523. The van der Waals surface area contributed by atoms with Gasteiger partial charge in [0, 0.05) is 32.7 Å². The van der Waals surface area contributed by atoms with E-state index in [0.29, 0.717) is 0 Å². The van der Waals surface area contributed by atoms with Crippen molar-refractivity contribution in [3.05, 3.63) is 90.5 Å².